The van der Waals surface area contributed by atoms with Gasteiger partial charge < -0.3 is 20.3 Å². The summed E-state index contributed by atoms with van der Waals surface area (Å²) in [5.41, 5.74) is 5.41. The minimum atomic E-state index is -4.41. The highest BCUT2D eigenvalue weighted by Gasteiger charge is 2.30. The average Bonchev–Trinajstić information content (AvgIpc) is 3.19. The molecule has 0 aliphatic rings. The highest BCUT2D eigenvalue weighted by Crippen LogP contribution is 2.30. The fraction of sp³-hybridized carbons (Fsp3) is 0.211. The first-order valence-electron chi connectivity index (χ1n) is 8.58. The predicted octanol–water partition coefficient (Wildman–Crippen LogP) is 3.02. The van der Waals surface area contributed by atoms with E-state index in [1.54, 1.807) is 24.3 Å². The number of alkyl halides is 3. The number of carbonyl (C=O) groups is 1. The third kappa shape index (κ3) is 5.32. The summed E-state index contributed by atoms with van der Waals surface area (Å²) in [6.45, 7) is 0.727. The summed E-state index contributed by atoms with van der Waals surface area (Å²) < 4.78 is 48.5. The minimum absolute atomic E-state index is 0.0111. The van der Waals surface area contributed by atoms with Crippen molar-refractivity contribution in [2.45, 2.75) is 12.8 Å². The molecule has 0 aliphatic heterocycles. The van der Waals surface area contributed by atoms with Gasteiger partial charge in [0.1, 0.15) is 5.75 Å². The van der Waals surface area contributed by atoms with Crippen LogP contribution in [0.3, 0.4) is 0 Å². The first-order chi connectivity index (χ1) is 13.9. The van der Waals surface area contributed by atoms with Gasteiger partial charge in [-0.2, -0.15) is 18.2 Å². The first-order valence-corrected chi connectivity index (χ1v) is 8.58. The van der Waals surface area contributed by atoms with Crippen LogP contribution in [-0.2, 0) is 12.8 Å². The van der Waals surface area contributed by atoms with Gasteiger partial charge in [-0.15, -0.1) is 0 Å². The second-order valence-electron chi connectivity index (χ2n) is 5.95. The van der Waals surface area contributed by atoms with Crippen molar-refractivity contribution >= 4 is 5.91 Å². The van der Waals surface area contributed by atoms with Crippen molar-refractivity contribution in [3.05, 3.63) is 65.5 Å². The van der Waals surface area contributed by atoms with Crippen LogP contribution in [0.1, 0.15) is 21.7 Å². The fourth-order valence-corrected chi connectivity index (χ4v) is 2.37. The molecule has 7 nitrogen and oxygen atoms in total. The number of aromatic nitrogens is 2. The quantitative estimate of drug-likeness (QED) is 0.625. The van der Waals surface area contributed by atoms with Gasteiger partial charge in [0.2, 0.25) is 5.82 Å². The highest BCUT2D eigenvalue weighted by molar-refractivity contribution is 5.94. The molecule has 152 valence electrons. The number of nitrogens with one attached hydrogen (secondary N) is 1. The zero-order valence-corrected chi connectivity index (χ0v) is 15.1. The maximum Gasteiger partial charge on any atom is 0.416 e. The summed E-state index contributed by atoms with van der Waals surface area (Å²) in [5, 5.41) is 6.41. The van der Waals surface area contributed by atoms with Gasteiger partial charge in [0.15, 0.2) is 6.61 Å². The summed E-state index contributed by atoms with van der Waals surface area (Å²) in [5.74, 6) is 0.566. The molecule has 0 spiro atoms. The van der Waals surface area contributed by atoms with Crippen molar-refractivity contribution in [2.75, 3.05) is 13.1 Å². The molecule has 2 aromatic carbocycles. The molecule has 0 bridgehead atoms. The molecular weight excluding hydrogens is 389 g/mol. The van der Waals surface area contributed by atoms with Crippen molar-refractivity contribution in [3.63, 3.8) is 0 Å². The molecule has 0 radical (unpaired) electrons. The Kier molecular flexibility index (Phi) is 6.13. The van der Waals surface area contributed by atoms with Crippen LogP contribution in [0, 0.1) is 0 Å². The molecule has 0 saturated carbocycles. The lowest BCUT2D eigenvalue weighted by Crippen LogP contribution is -2.28. The van der Waals surface area contributed by atoms with E-state index in [-0.39, 0.29) is 24.2 Å². The number of amides is 1. The number of benzene rings is 2. The van der Waals surface area contributed by atoms with E-state index in [1.807, 2.05) is 0 Å². The minimum Gasteiger partial charge on any atom is -0.485 e. The van der Waals surface area contributed by atoms with E-state index in [0.29, 0.717) is 30.0 Å². The van der Waals surface area contributed by atoms with Gasteiger partial charge in [0, 0.05) is 24.2 Å². The second-order valence-corrected chi connectivity index (χ2v) is 5.95. The van der Waals surface area contributed by atoms with Gasteiger partial charge in [0.25, 0.3) is 11.8 Å². The fourth-order valence-electron chi connectivity index (χ4n) is 2.37. The summed E-state index contributed by atoms with van der Waals surface area (Å²) in [7, 11) is 0. The predicted molar refractivity (Wildman–Crippen MR) is 96.9 cm³/mol. The van der Waals surface area contributed by atoms with Crippen molar-refractivity contribution in [2.24, 2.45) is 5.73 Å². The number of nitrogens with two attached hydrogens (primary N) is 1. The van der Waals surface area contributed by atoms with Crippen molar-refractivity contribution in [3.8, 4) is 17.2 Å². The van der Waals surface area contributed by atoms with E-state index in [9.17, 15) is 18.0 Å². The van der Waals surface area contributed by atoms with E-state index in [4.69, 9.17) is 15.0 Å². The van der Waals surface area contributed by atoms with Crippen LogP contribution in [0.4, 0.5) is 13.2 Å². The van der Waals surface area contributed by atoms with Gasteiger partial charge in [-0.25, -0.2) is 0 Å². The molecule has 3 aromatic rings. The lowest BCUT2D eigenvalue weighted by Gasteiger charge is -2.06. The van der Waals surface area contributed by atoms with Gasteiger partial charge in [-0.3, -0.25) is 4.79 Å². The van der Waals surface area contributed by atoms with E-state index in [2.05, 4.69) is 15.5 Å². The van der Waals surface area contributed by atoms with Crippen LogP contribution in [0.15, 0.2) is 53.1 Å². The van der Waals surface area contributed by atoms with Crippen LogP contribution >= 0.6 is 0 Å². The monoisotopic (exact) mass is 406 g/mol. The summed E-state index contributed by atoms with van der Waals surface area (Å²) >= 11 is 0. The van der Waals surface area contributed by atoms with E-state index < -0.39 is 11.7 Å². The zero-order valence-electron chi connectivity index (χ0n) is 15.1. The van der Waals surface area contributed by atoms with E-state index >= 15 is 0 Å². The number of carbonyl (C=O) groups excluding carboxylic acids is 1. The Morgan fingerprint density at radius 2 is 1.79 bits per heavy atom. The van der Waals surface area contributed by atoms with Crippen LogP contribution in [0.5, 0.6) is 5.75 Å². The molecule has 0 saturated heterocycles. The molecule has 0 aliphatic carbocycles. The van der Waals surface area contributed by atoms with Crippen molar-refractivity contribution in [1.82, 2.24) is 15.5 Å². The van der Waals surface area contributed by atoms with Gasteiger partial charge in [-0.05, 0) is 48.5 Å². The lowest BCUT2D eigenvalue weighted by molar-refractivity contribution is -0.137. The number of hydrogen-bond acceptors (Lipinski definition) is 6. The highest BCUT2D eigenvalue weighted by atomic mass is 19.4. The topological polar surface area (TPSA) is 103 Å². The number of halogens is 3. The van der Waals surface area contributed by atoms with Crippen LogP contribution < -0.4 is 15.8 Å². The molecule has 0 fully saturated rings. The molecule has 0 atom stereocenters. The van der Waals surface area contributed by atoms with E-state index in [0.717, 1.165) is 12.1 Å². The Balaban J connectivity index is 1.58. The second kappa shape index (κ2) is 8.74. The Labute approximate surface area is 163 Å². The molecule has 3 rings (SSSR count). The average molecular weight is 406 g/mol. The summed E-state index contributed by atoms with van der Waals surface area (Å²) in [6.07, 6.45) is -4.41. The SMILES string of the molecule is NCCNC(=O)c1ccc(OCc2noc(-c3ccc(C(F)(F)F)cc3)n2)cc1. The third-order valence-corrected chi connectivity index (χ3v) is 3.84. The normalized spacial score (nSPS) is 11.3. The van der Waals surface area contributed by atoms with Crippen molar-refractivity contribution < 1.29 is 27.2 Å². The Hall–Kier alpha value is -3.40. The van der Waals surface area contributed by atoms with Crippen LogP contribution in [0.2, 0.25) is 0 Å². The molecule has 3 N–H and O–H groups in total. The van der Waals surface area contributed by atoms with Crippen LogP contribution in [-0.4, -0.2) is 29.1 Å². The first kappa shape index (κ1) is 20.3. The number of nitrogens with zero attached hydrogens (tertiary/aromatic N) is 2. The van der Waals surface area contributed by atoms with Gasteiger partial charge in [-0.1, -0.05) is 5.16 Å². The van der Waals surface area contributed by atoms with Crippen molar-refractivity contribution in [1.29, 1.82) is 0 Å². The molecule has 0 unspecified atom stereocenters. The molecule has 1 aromatic heterocycles. The molecule has 1 heterocycles. The zero-order chi connectivity index (χ0) is 20.9. The molecular formula is C19H17F3N4O3. The Bertz CT molecular complexity index is 954. The molecule has 29 heavy (non-hydrogen) atoms. The van der Waals surface area contributed by atoms with Gasteiger partial charge >= 0.3 is 6.18 Å². The van der Waals surface area contributed by atoms with Gasteiger partial charge in [0.05, 0.1) is 5.56 Å². The lowest BCUT2D eigenvalue weighted by atomic mass is 10.1. The number of ether oxygens (including phenoxy) is 1. The Morgan fingerprint density at radius 3 is 2.41 bits per heavy atom. The number of rotatable bonds is 7. The maximum absolute atomic E-state index is 12.6. The largest absolute Gasteiger partial charge is 0.485 e. The summed E-state index contributed by atoms with van der Waals surface area (Å²) in [6, 6.07) is 10.9. The Morgan fingerprint density at radius 1 is 1.10 bits per heavy atom. The smallest absolute Gasteiger partial charge is 0.416 e. The van der Waals surface area contributed by atoms with Crippen LogP contribution in [0.25, 0.3) is 11.5 Å². The van der Waals surface area contributed by atoms with E-state index in [1.165, 1.54) is 12.1 Å². The third-order valence-electron chi connectivity index (χ3n) is 3.84. The standard InChI is InChI=1S/C19H17F3N4O3/c20-19(21,22)14-5-1-13(2-6-14)18-25-16(26-29-18)11-28-15-7-3-12(4-8-15)17(27)24-10-9-23/h1-8H,9-11,23H2,(H,24,27). The molecule has 10 heteroatoms. The number of hydrogen-bond donors (Lipinski definition) is 2. The maximum atomic E-state index is 12.6. The molecule has 1 amide bonds. The summed E-state index contributed by atoms with van der Waals surface area (Å²) in [4.78, 5) is 15.9.